The number of hydrogen-bond acceptors (Lipinski definition) is 5. The highest BCUT2D eigenvalue weighted by Crippen LogP contribution is 2.16. The highest BCUT2D eigenvalue weighted by molar-refractivity contribution is 7.89. The van der Waals surface area contributed by atoms with Crippen LogP contribution in [0.1, 0.15) is 26.7 Å². The molecule has 1 aromatic rings. The summed E-state index contributed by atoms with van der Waals surface area (Å²) in [4.78, 5) is 36.5. The summed E-state index contributed by atoms with van der Waals surface area (Å²) in [6.07, 6.45) is 1.19. The molecule has 1 atom stereocenters. The monoisotopic (exact) mass is 305 g/mol. The number of sulfonamides is 1. The molecule has 4 N–H and O–H groups in total. The lowest BCUT2D eigenvalue weighted by atomic mass is 9.98. The van der Waals surface area contributed by atoms with E-state index in [1.54, 1.807) is 11.9 Å². The van der Waals surface area contributed by atoms with Gasteiger partial charge in [-0.05, 0) is 13.3 Å². The number of carboxylic acid groups (broad SMARTS) is 1. The lowest BCUT2D eigenvalue weighted by Crippen LogP contribution is -2.52. The van der Waals surface area contributed by atoms with E-state index in [4.69, 9.17) is 5.11 Å². The summed E-state index contributed by atoms with van der Waals surface area (Å²) in [5, 5.41) is 9.12. The Kier molecular flexibility index (Phi) is 4.50. The molecule has 0 spiro atoms. The molecule has 0 aliphatic carbocycles. The van der Waals surface area contributed by atoms with Crippen LogP contribution in [-0.4, -0.2) is 35.0 Å². The Morgan fingerprint density at radius 2 is 2.05 bits per heavy atom. The maximum atomic E-state index is 12.0. The van der Waals surface area contributed by atoms with Crippen LogP contribution in [0.3, 0.4) is 0 Å². The third-order valence-electron chi connectivity index (χ3n) is 2.66. The second-order valence-electron chi connectivity index (χ2n) is 4.43. The molecule has 1 rings (SSSR count). The molecule has 9 nitrogen and oxygen atoms in total. The third-order valence-corrected chi connectivity index (χ3v) is 4.26. The summed E-state index contributed by atoms with van der Waals surface area (Å²) >= 11 is 0. The molecule has 0 aromatic carbocycles. The van der Waals surface area contributed by atoms with Gasteiger partial charge in [0.1, 0.15) is 5.54 Å². The van der Waals surface area contributed by atoms with Crippen molar-refractivity contribution in [1.29, 1.82) is 0 Å². The Labute approximate surface area is 114 Å². The van der Waals surface area contributed by atoms with Crippen LogP contribution in [0.5, 0.6) is 0 Å². The van der Waals surface area contributed by atoms with Gasteiger partial charge in [-0.1, -0.05) is 13.3 Å². The molecular weight excluding hydrogens is 290 g/mol. The first kappa shape index (κ1) is 16.1. The molecule has 0 amide bonds. The molecular formula is C10H15N3O6S. The second-order valence-corrected chi connectivity index (χ2v) is 6.08. The summed E-state index contributed by atoms with van der Waals surface area (Å²) < 4.78 is 26.1. The first-order valence-electron chi connectivity index (χ1n) is 5.72. The van der Waals surface area contributed by atoms with Gasteiger partial charge in [-0.25, -0.2) is 13.2 Å². The maximum absolute atomic E-state index is 12.0. The zero-order chi connectivity index (χ0) is 15.6. The van der Waals surface area contributed by atoms with Gasteiger partial charge in [0.05, 0.1) is 0 Å². The fourth-order valence-electron chi connectivity index (χ4n) is 1.65. The Bertz CT molecular complexity index is 719. The largest absolute Gasteiger partial charge is 0.480 e. The molecule has 1 heterocycles. The van der Waals surface area contributed by atoms with Gasteiger partial charge in [0.25, 0.3) is 5.56 Å². The Balaban J connectivity index is 3.27. The fourth-order valence-corrected chi connectivity index (χ4v) is 3.05. The molecule has 0 aliphatic heterocycles. The number of aromatic amines is 2. The van der Waals surface area contributed by atoms with E-state index in [2.05, 4.69) is 0 Å². The molecule has 0 bridgehead atoms. The summed E-state index contributed by atoms with van der Waals surface area (Å²) in [7, 11) is -4.38. The molecule has 0 aliphatic rings. The zero-order valence-electron chi connectivity index (χ0n) is 10.9. The van der Waals surface area contributed by atoms with E-state index in [-0.39, 0.29) is 6.42 Å². The smallest absolute Gasteiger partial charge is 0.325 e. The lowest BCUT2D eigenvalue weighted by molar-refractivity contribution is -0.143. The van der Waals surface area contributed by atoms with Gasteiger partial charge in [0, 0.05) is 6.20 Å². The SMILES string of the molecule is CCCC(C)(NS(=O)(=O)c1c[nH]c(=O)[nH]c1=O)C(=O)O. The quantitative estimate of drug-likeness (QED) is 0.528. The number of carboxylic acids is 1. The third kappa shape index (κ3) is 3.33. The minimum atomic E-state index is -4.38. The van der Waals surface area contributed by atoms with Gasteiger partial charge in [-0.15, -0.1) is 0 Å². The van der Waals surface area contributed by atoms with E-state index in [0.717, 1.165) is 6.20 Å². The first-order valence-corrected chi connectivity index (χ1v) is 7.20. The number of rotatable bonds is 6. The van der Waals surface area contributed by atoms with Crippen molar-refractivity contribution in [2.45, 2.75) is 37.1 Å². The number of carbonyl (C=O) groups is 1. The van der Waals surface area contributed by atoms with Crippen LogP contribution in [0.2, 0.25) is 0 Å². The number of H-pyrrole nitrogens is 2. The summed E-state index contributed by atoms with van der Waals surface area (Å²) in [5.74, 6) is -1.36. The Hall–Kier alpha value is -1.94. The van der Waals surface area contributed by atoms with Crippen molar-refractivity contribution in [2.24, 2.45) is 0 Å². The van der Waals surface area contributed by atoms with E-state index in [9.17, 15) is 22.8 Å². The Morgan fingerprint density at radius 3 is 2.50 bits per heavy atom. The van der Waals surface area contributed by atoms with Crippen molar-refractivity contribution >= 4 is 16.0 Å². The van der Waals surface area contributed by atoms with E-state index < -0.39 is 37.7 Å². The van der Waals surface area contributed by atoms with Gasteiger partial charge in [-0.3, -0.25) is 14.6 Å². The van der Waals surface area contributed by atoms with E-state index in [1.807, 2.05) is 9.71 Å². The second kappa shape index (κ2) is 5.59. The van der Waals surface area contributed by atoms with Gasteiger partial charge in [0.2, 0.25) is 10.0 Å². The van der Waals surface area contributed by atoms with Crippen LogP contribution in [0.15, 0.2) is 20.7 Å². The minimum Gasteiger partial charge on any atom is -0.480 e. The normalized spacial score (nSPS) is 14.7. The molecule has 1 aromatic heterocycles. The average Bonchev–Trinajstić information content (AvgIpc) is 2.27. The lowest BCUT2D eigenvalue weighted by Gasteiger charge is -2.25. The molecule has 0 fully saturated rings. The molecule has 112 valence electrons. The molecule has 1 unspecified atom stereocenters. The van der Waals surface area contributed by atoms with E-state index in [0.29, 0.717) is 6.42 Å². The highest BCUT2D eigenvalue weighted by atomic mass is 32.2. The van der Waals surface area contributed by atoms with Crippen LogP contribution in [-0.2, 0) is 14.8 Å². The summed E-state index contributed by atoms with van der Waals surface area (Å²) in [6.45, 7) is 2.90. The van der Waals surface area contributed by atoms with Crippen LogP contribution in [0.25, 0.3) is 0 Å². The first-order chi connectivity index (χ1) is 9.12. The van der Waals surface area contributed by atoms with Crippen LogP contribution < -0.4 is 16.0 Å². The Morgan fingerprint density at radius 1 is 1.45 bits per heavy atom. The summed E-state index contributed by atoms with van der Waals surface area (Å²) in [6, 6.07) is 0. The summed E-state index contributed by atoms with van der Waals surface area (Å²) in [5.41, 5.74) is -3.72. The van der Waals surface area contributed by atoms with Gasteiger partial charge in [-0.2, -0.15) is 4.72 Å². The molecule has 0 saturated heterocycles. The number of aromatic nitrogens is 2. The topological polar surface area (TPSA) is 149 Å². The standard InChI is InChI=1S/C10H15N3O6S/c1-3-4-10(2,8(15)16)13-20(18,19)6-5-11-9(17)12-7(6)14/h5,13H,3-4H2,1-2H3,(H,15,16)(H2,11,12,14,17). The molecule has 20 heavy (non-hydrogen) atoms. The predicted molar refractivity (Wildman–Crippen MR) is 69.0 cm³/mol. The number of nitrogens with one attached hydrogen (secondary N) is 3. The number of hydrogen-bond donors (Lipinski definition) is 4. The van der Waals surface area contributed by atoms with Crippen LogP contribution in [0.4, 0.5) is 0 Å². The van der Waals surface area contributed by atoms with E-state index >= 15 is 0 Å². The van der Waals surface area contributed by atoms with Crippen molar-refractivity contribution in [3.05, 3.63) is 27.0 Å². The van der Waals surface area contributed by atoms with E-state index in [1.165, 1.54) is 6.92 Å². The average molecular weight is 305 g/mol. The maximum Gasteiger partial charge on any atom is 0.325 e. The fraction of sp³-hybridized carbons (Fsp3) is 0.500. The molecule has 0 saturated carbocycles. The van der Waals surface area contributed by atoms with Crippen molar-refractivity contribution in [1.82, 2.24) is 14.7 Å². The predicted octanol–water partition coefficient (Wildman–Crippen LogP) is -1.02. The van der Waals surface area contributed by atoms with Crippen molar-refractivity contribution < 1.29 is 18.3 Å². The number of aliphatic carboxylic acids is 1. The van der Waals surface area contributed by atoms with Crippen molar-refractivity contribution in [3.8, 4) is 0 Å². The van der Waals surface area contributed by atoms with Crippen LogP contribution >= 0.6 is 0 Å². The van der Waals surface area contributed by atoms with Crippen LogP contribution in [0, 0.1) is 0 Å². The molecule has 10 heteroatoms. The molecule has 0 radical (unpaired) electrons. The zero-order valence-corrected chi connectivity index (χ0v) is 11.7. The highest BCUT2D eigenvalue weighted by Gasteiger charge is 2.37. The van der Waals surface area contributed by atoms with Gasteiger partial charge >= 0.3 is 11.7 Å². The van der Waals surface area contributed by atoms with Gasteiger partial charge < -0.3 is 10.1 Å². The van der Waals surface area contributed by atoms with Crippen molar-refractivity contribution in [3.63, 3.8) is 0 Å². The minimum absolute atomic E-state index is 0.0445. The van der Waals surface area contributed by atoms with Gasteiger partial charge in [0.15, 0.2) is 4.90 Å². The van der Waals surface area contributed by atoms with Crippen molar-refractivity contribution in [2.75, 3.05) is 0 Å².